The van der Waals surface area contributed by atoms with E-state index in [0.29, 0.717) is 19.3 Å². The Morgan fingerprint density at radius 3 is 0.906 bits per heavy atom. The first-order valence-electron chi connectivity index (χ1n) is 28.0. The highest BCUT2D eigenvalue weighted by molar-refractivity contribution is 5.71. The molecule has 0 aromatic heterocycles. The molecule has 64 heavy (non-hydrogen) atoms. The maximum absolute atomic E-state index is 12.7. The monoisotopic (exact) mass is 899 g/mol. The number of rotatable bonds is 51. The van der Waals surface area contributed by atoms with E-state index in [1.165, 1.54) is 173 Å². The van der Waals surface area contributed by atoms with Crippen molar-refractivity contribution in [3.63, 3.8) is 0 Å². The number of allylic oxidation sites excluding steroid dienone is 6. The van der Waals surface area contributed by atoms with E-state index in [0.717, 1.165) is 83.5 Å². The molecule has 6 heteroatoms. The predicted molar refractivity (Wildman–Crippen MR) is 275 cm³/mol. The van der Waals surface area contributed by atoms with Crippen LogP contribution in [0.25, 0.3) is 0 Å². The minimum Gasteiger partial charge on any atom is -0.462 e. The van der Waals surface area contributed by atoms with Crippen molar-refractivity contribution in [2.45, 2.75) is 303 Å². The van der Waals surface area contributed by atoms with Gasteiger partial charge in [0.25, 0.3) is 0 Å². The van der Waals surface area contributed by atoms with E-state index in [4.69, 9.17) is 14.2 Å². The van der Waals surface area contributed by atoms with Crippen molar-refractivity contribution < 1.29 is 28.6 Å². The van der Waals surface area contributed by atoms with E-state index in [1.807, 2.05) is 0 Å². The molecule has 0 N–H and O–H groups in total. The highest BCUT2D eigenvalue weighted by atomic mass is 16.6. The summed E-state index contributed by atoms with van der Waals surface area (Å²) < 4.78 is 16.7. The van der Waals surface area contributed by atoms with Crippen LogP contribution in [-0.4, -0.2) is 37.2 Å². The third-order valence-corrected chi connectivity index (χ3v) is 12.4. The first-order valence-corrected chi connectivity index (χ1v) is 28.0. The molecule has 0 rings (SSSR count). The third kappa shape index (κ3) is 50.6. The van der Waals surface area contributed by atoms with Crippen LogP contribution in [0.5, 0.6) is 0 Å². The van der Waals surface area contributed by atoms with Gasteiger partial charge in [0.15, 0.2) is 6.10 Å². The Bertz CT molecular complexity index is 1080. The van der Waals surface area contributed by atoms with Gasteiger partial charge in [0.2, 0.25) is 0 Å². The van der Waals surface area contributed by atoms with Gasteiger partial charge < -0.3 is 14.2 Å². The predicted octanol–water partition coefficient (Wildman–Crippen LogP) is 18.5. The SMILES string of the molecule is CCCCC/C=C\C/C=C\CCCCCCCC(=O)OC(COC(=O)CCCCCCCC)COC(=O)CCCCCCCCCCCCCCC/C=C\CCCCCCCCCC. The Hall–Kier alpha value is -2.37. The topological polar surface area (TPSA) is 78.9 Å². The molecule has 6 nitrogen and oxygen atoms in total. The lowest BCUT2D eigenvalue weighted by molar-refractivity contribution is -0.167. The lowest BCUT2D eigenvalue weighted by Crippen LogP contribution is -2.30. The molecular weight excluding hydrogens is 793 g/mol. The summed E-state index contributed by atoms with van der Waals surface area (Å²) in [6.45, 7) is 6.57. The number of esters is 3. The second-order valence-corrected chi connectivity index (χ2v) is 18.8. The average molecular weight is 899 g/mol. The molecule has 0 radical (unpaired) electrons. The lowest BCUT2D eigenvalue weighted by Gasteiger charge is -2.18. The highest BCUT2D eigenvalue weighted by Crippen LogP contribution is 2.16. The Labute approximate surface area is 397 Å². The molecule has 1 unspecified atom stereocenters. The van der Waals surface area contributed by atoms with Crippen LogP contribution in [0.4, 0.5) is 0 Å². The van der Waals surface area contributed by atoms with Gasteiger partial charge in [-0.3, -0.25) is 14.4 Å². The molecular formula is C58H106O6. The summed E-state index contributed by atoms with van der Waals surface area (Å²) >= 11 is 0. The van der Waals surface area contributed by atoms with Crippen molar-refractivity contribution in [2.75, 3.05) is 13.2 Å². The van der Waals surface area contributed by atoms with E-state index in [2.05, 4.69) is 57.2 Å². The average Bonchev–Trinajstić information content (AvgIpc) is 3.29. The normalized spacial score (nSPS) is 12.2. The van der Waals surface area contributed by atoms with Crippen LogP contribution in [0.1, 0.15) is 297 Å². The summed E-state index contributed by atoms with van der Waals surface area (Å²) in [6, 6.07) is 0. The molecule has 0 spiro atoms. The zero-order valence-corrected chi connectivity index (χ0v) is 42.8. The van der Waals surface area contributed by atoms with Gasteiger partial charge in [-0.15, -0.1) is 0 Å². The number of unbranched alkanes of at least 4 members (excludes halogenated alkanes) is 34. The molecule has 0 bridgehead atoms. The fourth-order valence-electron chi connectivity index (χ4n) is 8.12. The van der Waals surface area contributed by atoms with Crippen LogP contribution in [0.3, 0.4) is 0 Å². The second-order valence-electron chi connectivity index (χ2n) is 18.8. The number of carbonyl (C=O) groups is 3. The van der Waals surface area contributed by atoms with E-state index >= 15 is 0 Å². The molecule has 0 aliphatic carbocycles. The quantitative estimate of drug-likeness (QED) is 0.0262. The van der Waals surface area contributed by atoms with E-state index in [9.17, 15) is 14.4 Å². The summed E-state index contributed by atoms with van der Waals surface area (Å²) in [5, 5.41) is 0. The molecule has 1 atom stereocenters. The minimum atomic E-state index is -0.774. The summed E-state index contributed by atoms with van der Waals surface area (Å²) in [5.74, 6) is -0.888. The maximum atomic E-state index is 12.7. The van der Waals surface area contributed by atoms with Crippen molar-refractivity contribution >= 4 is 17.9 Å². The van der Waals surface area contributed by atoms with Crippen LogP contribution < -0.4 is 0 Å². The largest absolute Gasteiger partial charge is 0.462 e. The first kappa shape index (κ1) is 61.6. The summed E-state index contributed by atoms with van der Waals surface area (Å²) in [6.07, 6.45) is 63.1. The zero-order valence-electron chi connectivity index (χ0n) is 42.8. The molecule has 0 saturated heterocycles. The zero-order chi connectivity index (χ0) is 46.5. The van der Waals surface area contributed by atoms with Gasteiger partial charge in [-0.25, -0.2) is 0 Å². The Morgan fingerprint density at radius 1 is 0.312 bits per heavy atom. The van der Waals surface area contributed by atoms with Gasteiger partial charge in [-0.05, 0) is 77.0 Å². The van der Waals surface area contributed by atoms with Gasteiger partial charge in [0.05, 0.1) is 0 Å². The molecule has 0 aromatic rings. The lowest BCUT2D eigenvalue weighted by atomic mass is 10.0. The number of ether oxygens (including phenoxy) is 3. The highest BCUT2D eigenvalue weighted by Gasteiger charge is 2.19. The van der Waals surface area contributed by atoms with E-state index < -0.39 is 6.10 Å². The Kier molecular flexibility index (Phi) is 51.3. The van der Waals surface area contributed by atoms with Crippen molar-refractivity contribution in [2.24, 2.45) is 0 Å². The standard InChI is InChI=1S/C58H106O6/c1-4-7-10-13-16-18-20-22-24-25-26-27-28-29-30-31-32-33-35-36-38-40-42-45-48-51-57(60)63-54-55(53-62-56(59)50-47-44-15-12-9-6-3)64-58(61)52-49-46-43-41-39-37-34-23-21-19-17-14-11-8-5-2/h17,19,23,25-26,34,55H,4-16,18,20-22,24,27-33,35-54H2,1-3H3/b19-17-,26-25-,34-23-. The van der Waals surface area contributed by atoms with Crippen molar-refractivity contribution in [1.29, 1.82) is 0 Å². The Balaban J connectivity index is 4.08. The van der Waals surface area contributed by atoms with Crippen LogP contribution in [-0.2, 0) is 28.6 Å². The van der Waals surface area contributed by atoms with Gasteiger partial charge in [-0.1, -0.05) is 237 Å². The van der Waals surface area contributed by atoms with Gasteiger partial charge >= 0.3 is 17.9 Å². The molecule has 0 saturated carbocycles. The maximum Gasteiger partial charge on any atom is 0.306 e. The molecule has 0 amide bonds. The third-order valence-electron chi connectivity index (χ3n) is 12.4. The molecule has 0 aliphatic rings. The van der Waals surface area contributed by atoms with Crippen LogP contribution in [0.15, 0.2) is 36.5 Å². The smallest absolute Gasteiger partial charge is 0.306 e. The summed E-state index contributed by atoms with van der Waals surface area (Å²) in [7, 11) is 0. The van der Waals surface area contributed by atoms with Gasteiger partial charge in [0, 0.05) is 19.3 Å². The Morgan fingerprint density at radius 2 is 0.562 bits per heavy atom. The first-order chi connectivity index (χ1) is 31.5. The van der Waals surface area contributed by atoms with Crippen LogP contribution >= 0.6 is 0 Å². The van der Waals surface area contributed by atoms with Crippen LogP contribution in [0.2, 0.25) is 0 Å². The van der Waals surface area contributed by atoms with E-state index in [1.54, 1.807) is 0 Å². The molecule has 0 aromatic carbocycles. The van der Waals surface area contributed by atoms with Gasteiger partial charge in [-0.2, -0.15) is 0 Å². The molecule has 0 aliphatic heterocycles. The number of hydrogen-bond acceptors (Lipinski definition) is 6. The minimum absolute atomic E-state index is 0.0756. The number of hydrogen-bond donors (Lipinski definition) is 0. The summed E-state index contributed by atoms with van der Waals surface area (Å²) in [5.41, 5.74) is 0. The van der Waals surface area contributed by atoms with Crippen molar-refractivity contribution in [3.05, 3.63) is 36.5 Å². The van der Waals surface area contributed by atoms with Crippen molar-refractivity contribution in [1.82, 2.24) is 0 Å². The summed E-state index contributed by atoms with van der Waals surface area (Å²) in [4.78, 5) is 37.8. The fraction of sp³-hybridized carbons (Fsp3) is 0.845. The second kappa shape index (κ2) is 53.2. The van der Waals surface area contributed by atoms with E-state index in [-0.39, 0.29) is 31.1 Å². The fourth-order valence-corrected chi connectivity index (χ4v) is 8.12. The molecule has 0 heterocycles. The van der Waals surface area contributed by atoms with Gasteiger partial charge in [0.1, 0.15) is 13.2 Å². The number of carbonyl (C=O) groups excluding carboxylic acids is 3. The van der Waals surface area contributed by atoms with Crippen molar-refractivity contribution in [3.8, 4) is 0 Å². The molecule has 374 valence electrons. The molecule has 0 fully saturated rings. The van der Waals surface area contributed by atoms with Crippen LogP contribution in [0, 0.1) is 0 Å².